The van der Waals surface area contributed by atoms with Crippen LogP contribution in [0.15, 0.2) is 29.2 Å². The highest BCUT2D eigenvalue weighted by Crippen LogP contribution is 2.31. The van der Waals surface area contributed by atoms with Crippen LogP contribution in [0.1, 0.15) is 32.8 Å². The molecule has 10 heteroatoms. The lowest BCUT2D eigenvalue weighted by Crippen LogP contribution is -2.52. The molecule has 0 N–H and O–H groups in total. The van der Waals surface area contributed by atoms with E-state index in [1.54, 1.807) is 6.92 Å². The standard InChI is InChI=1S/C19H27F3N2O4S/c1-14(2)7-12-28-15(3)18(25)23-8-10-24(11-9-23)29(26,27)17-6-4-5-16(13-17)19(20,21)22/h4-6,13-15H,7-12H2,1-3H3. The SMILES string of the molecule is CC(C)CCOC(C)C(=O)N1CCN(S(=O)(=O)c2cccc(C(F)(F)F)c2)CC1. The van der Waals surface area contributed by atoms with Crippen LogP contribution in [0.2, 0.25) is 0 Å². The summed E-state index contributed by atoms with van der Waals surface area (Å²) in [4.78, 5) is 13.6. The third-order valence-electron chi connectivity index (χ3n) is 4.76. The predicted octanol–water partition coefficient (Wildman–Crippen LogP) is 2.99. The number of hydrogen-bond donors (Lipinski definition) is 0. The molecule has 1 amide bonds. The lowest BCUT2D eigenvalue weighted by Gasteiger charge is -2.35. The average molecular weight is 436 g/mol. The quantitative estimate of drug-likeness (QED) is 0.659. The van der Waals surface area contributed by atoms with E-state index >= 15 is 0 Å². The summed E-state index contributed by atoms with van der Waals surface area (Å²) in [7, 11) is -4.07. The van der Waals surface area contributed by atoms with Crippen molar-refractivity contribution in [3.63, 3.8) is 0 Å². The van der Waals surface area contributed by atoms with E-state index < -0.39 is 32.8 Å². The van der Waals surface area contributed by atoms with Crippen molar-refractivity contribution in [2.45, 2.75) is 44.4 Å². The summed E-state index contributed by atoms with van der Waals surface area (Å²) in [6.07, 6.45) is -4.41. The van der Waals surface area contributed by atoms with Crippen LogP contribution in [0.4, 0.5) is 13.2 Å². The van der Waals surface area contributed by atoms with Crippen molar-refractivity contribution in [2.75, 3.05) is 32.8 Å². The highest BCUT2D eigenvalue weighted by Gasteiger charge is 2.35. The normalized spacial score (nSPS) is 17.6. The minimum Gasteiger partial charge on any atom is -0.369 e. The first-order valence-electron chi connectivity index (χ1n) is 9.50. The molecule has 2 rings (SSSR count). The number of amides is 1. The zero-order chi connectivity index (χ0) is 21.8. The molecule has 1 aromatic carbocycles. The molecule has 164 valence electrons. The van der Waals surface area contributed by atoms with Crippen molar-refractivity contribution in [2.24, 2.45) is 5.92 Å². The topological polar surface area (TPSA) is 66.9 Å². The molecule has 1 aromatic rings. The maximum atomic E-state index is 12.9. The summed E-state index contributed by atoms with van der Waals surface area (Å²) in [5, 5.41) is 0. The van der Waals surface area contributed by atoms with Gasteiger partial charge >= 0.3 is 6.18 Å². The fourth-order valence-corrected chi connectivity index (χ4v) is 4.41. The minimum atomic E-state index is -4.62. The fourth-order valence-electron chi connectivity index (χ4n) is 2.94. The van der Waals surface area contributed by atoms with Gasteiger partial charge in [-0.05, 0) is 37.5 Å². The molecule has 0 radical (unpaired) electrons. The van der Waals surface area contributed by atoms with Crippen molar-refractivity contribution in [1.82, 2.24) is 9.21 Å². The molecule has 0 aliphatic carbocycles. The van der Waals surface area contributed by atoms with Gasteiger partial charge in [-0.2, -0.15) is 17.5 Å². The molecule has 1 saturated heterocycles. The first-order chi connectivity index (χ1) is 13.4. The lowest BCUT2D eigenvalue weighted by molar-refractivity contribution is -0.144. The van der Waals surface area contributed by atoms with Gasteiger partial charge < -0.3 is 9.64 Å². The molecule has 0 bridgehead atoms. The van der Waals surface area contributed by atoms with Gasteiger partial charge in [0.1, 0.15) is 6.10 Å². The Morgan fingerprint density at radius 1 is 1.14 bits per heavy atom. The van der Waals surface area contributed by atoms with Gasteiger partial charge in [0.15, 0.2) is 0 Å². The zero-order valence-corrected chi connectivity index (χ0v) is 17.6. The molecule has 1 atom stereocenters. The Hall–Kier alpha value is -1.65. The van der Waals surface area contributed by atoms with Crippen LogP contribution in [0.25, 0.3) is 0 Å². The van der Waals surface area contributed by atoms with Crippen molar-refractivity contribution in [3.8, 4) is 0 Å². The highest BCUT2D eigenvalue weighted by atomic mass is 32.2. The second-order valence-electron chi connectivity index (χ2n) is 7.45. The summed E-state index contributed by atoms with van der Waals surface area (Å²) >= 11 is 0. The van der Waals surface area contributed by atoms with Gasteiger partial charge in [-0.15, -0.1) is 0 Å². The Labute approximate surface area is 169 Å². The molecule has 0 spiro atoms. The zero-order valence-electron chi connectivity index (χ0n) is 16.8. The number of ether oxygens (including phenoxy) is 1. The molecule has 6 nitrogen and oxygen atoms in total. The Kier molecular flexibility index (Phi) is 7.69. The third-order valence-corrected chi connectivity index (χ3v) is 6.65. The van der Waals surface area contributed by atoms with Crippen LogP contribution in [0, 0.1) is 5.92 Å². The number of alkyl halides is 3. The maximum Gasteiger partial charge on any atom is 0.416 e. The number of hydrogen-bond acceptors (Lipinski definition) is 4. The monoisotopic (exact) mass is 436 g/mol. The second kappa shape index (κ2) is 9.44. The molecule has 1 heterocycles. The van der Waals surface area contributed by atoms with Gasteiger partial charge in [-0.25, -0.2) is 8.42 Å². The number of sulfonamides is 1. The maximum absolute atomic E-state index is 12.9. The minimum absolute atomic E-state index is 0.0169. The van der Waals surface area contributed by atoms with Crippen LogP contribution < -0.4 is 0 Å². The number of benzene rings is 1. The van der Waals surface area contributed by atoms with Crippen molar-refractivity contribution >= 4 is 15.9 Å². The third kappa shape index (κ3) is 6.16. The molecule has 0 aromatic heterocycles. The number of nitrogens with zero attached hydrogens (tertiary/aromatic N) is 2. The predicted molar refractivity (Wildman–Crippen MR) is 102 cm³/mol. The van der Waals surface area contributed by atoms with E-state index in [1.807, 2.05) is 0 Å². The van der Waals surface area contributed by atoms with Gasteiger partial charge in [0.25, 0.3) is 5.91 Å². The van der Waals surface area contributed by atoms with Crippen LogP contribution in [0.5, 0.6) is 0 Å². The Morgan fingerprint density at radius 2 is 1.76 bits per heavy atom. The first kappa shape index (κ1) is 23.6. The summed E-state index contributed by atoms with van der Waals surface area (Å²) in [5.41, 5.74) is -1.01. The van der Waals surface area contributed by atoms with Crippen LogP contribution in [0.3, 0.4) is 0 Å². The molecule has 1 aliphatic rings. The number of halogens is 3. The van der Waals surface area contributed by atoms with Gasteiger partial charge in [0.05, 0.1) is 10.5 Å². The number of carbonyl (C=O) groups excluding carboxylic acids is 1. The summed E-state index contributed by atoms with van der Waals surface area (Å²) < 4.78 is 70.7. The number of carbonyl (C=O) groups is 1. The van der Waals surface area contributed by atoms with Crippen LogP contribution in [-0.4, -0.2) is 62.4 Å². The highest BCUT2D eigenvalue weighted by molar-refractivity contribution is 7.89. The van der Waals surface area contributed by atoms with E-state index in [9.17, 15) is 26.4 Å². The van der Waals surface area contributed by atoms with Gasteiger partial charge in [0, 0.05) is 32.8 Å². The van der Waals surface area contributed by atoms with E-state index in [-0.39, 0.29) is 32.1 Å². The summed E-state index contributed by atoms with van der Waals surface area (Å²) in [6.45, 7) is 6.60. The summed E-state index contributed by atoms with van der Waals surface area (Å²) in [6, 6.07) is 3.69. The molecule has 29 heavy (non-hydrogen) atoms. The van der Waals surface area contributed by atoms with E-state index in [0.29, 0.717) is 18.6 Å². The molecular formula is C19H27F3N2O4S. The largest absolute Gasteiger partial charge is 0.416 e. The van der Waals surface area contributed by atoms with E-state index in [0.717, 1.165) is 28.9 Å². The fraction of sp³-hybridized carbons (Fsp3) is 0.632. The van der Waals surface area contributed by atoms with Crippen molar-refractivity contribution < 1.29 is 31.1 Å². The van der Waals surface area contributed by atoms with E-state index in [4.69, 9.17) is 4.74 Å². The summed E-state index contributed by atoms with van der Waals surface area (Å²) in [5.74, 6) is 0.242. The van der Waals surface area contributed by atoms with Crippen molar-refractivity contribution in [3.05, 3.63) is 29.8 Å². The van der Waals surface area contributed by atoms with E-state index in [2.05, 4.69) is 13.8 Å². The lowest BCUT2D eigenvalue weighted by atomic mass is 10.1. The van der Waals surface area contributed by atoms with Gasteiger partial charge in [-0.1, -0.05) is 19.9 Å². The van der Waals surface area contributed by atoms with Gasteiger partial charge in [0.2, 0.25) is 10.0 Å². The number of rotatable bonds is 7. The average Bonchev–Trinajstić information content (AvgIpc) is 2.66. The molecule has 1 aliphatic heterocycles. The Morgan fingerprint density at radius 3 is 2.31 bits per heavy atom. The van der Waals surface area contributed by atoms with Crippen LogP contribution in [-0.2, 0) is 25.7 Å². The second-order valence-corrected chi connectivity index (χ2v) is 9.39. The first-order valence-corrected chi connectivity index (χ1v) is 10.9. The Bertz CT molecular complexity index is 804. The Balaban J connectivity index is 1.98. The smallest absolute Gasteiger partial charge is 0.369 e. The van der Waals surface area contributed by atoms with Crippen LogP contribution >= 0.6 is 0 Å². The molecular weight excluding hydrogens is 409 g/mol. The number of piperazine rings is 1. The molecule has 1 unspecified atom stereocenters. The van der Waals surface area contributed by atoms with Gasteiger partial charge in [-0.3, -0.25) is 4.79 Å². The molecule has 0 saturated carbocycles. The van der Waals surface area contributed by atoms with E-state index in [1.165, 1.54) is 4.90 Å². The molecule has 1 fully saturated rings. The van der Waals surface area contributed by atoms with Crippen molar-refractivity contribution in [1.29, 1.82) is 0 Å².